The standard InChI is InChI=1S/C17H24N2OS/c18-17(21)16(14-9-5-2-6-10-14)19-15(20)12-11-13-7-3-1-4-8-13/h1,3-4,7-8,14,16H,2,5-6,9-12H2,(H2,18,21)(H,19,20). The summed E-state index contributed by atoms with van der Waals surface area (Å²) in [5.41, 5.74) is 7.02. The Morgan fingerprint density at radius 2 is 1.90 bits per heavy atom. The van der Waals surface area contributed by atoms with Crippen LogP contribution in [0.15, 0.2) is 30.3 Å². The van der Waals surface area contributed by atoms with Gasteiger partial charge in [0, 0.05) is 6.42 Å². The van der Waals surface area contributed by atoms with Gasteiger partial charge in [0.15, 0.2) is 0 Å². The van der Waals surface area contributed by atoms with E-state index in [-0.39, 0.29) is 11.9 Å². The number of carbonyl (C=O) groups excluding carboxylic acids is 1. The highest BCUT2D eigenvalue weighted by Crippen LogP contribution is 2.26. The van der Waals surface area contributed by atoms with Crippen LogP contribution in [-0.2, 0) is 11.2 Å². The lowest BCUT2D eigenvalue weighted by atomic mass is 9.83. The molecule has 1 unspecified atom stereocenters. The summed E-state index contributed by atoms with van der Waals surface area (Å²) >= 11 is 5.16. The van der Waals surface area contributed by atoms with E-state index in [4.69, 9.17) is 18.0 Å². The van der Waals surface area contributed by atoms with Gasteiger partial charge in [0.05, 0.1) is 11.0 Å². The van der Waals surface area contributed by atoms with Gasteiger partial charge in [-0.3, -0.25) is 4.79 Å². The monoisotopic (exact) mass is 304 g/mol. The molecule has 1 aromatic carbocycles. The average Bonchev–Trinajstić information content (AvgIpc) is 2.52. The molecule has 0 aromatic heterocycles. The van der Waals surface area contributed by atoms with Crippen LogP contribution in [0.5, 0.6) is 0 Å². The first-order valence-electron chi connectivity index (χ1n) is 7.79. The molecule has 114 valence electrons. The molecular formula is C17H24N2OS. The Balaban J connectivity index is 1.84. The lowest BCUT2D eigenvalue weighted by Crippen LogP contribution is -2.48. The molecule has 0 aliphatic heterocycles. The molecular weight excluding hydrogens is 280 g/mol. The first-order valence-corrected chi connectivity index (χ1v) is 8.20. The quantitative estimate of drug-likeness (QED) is 0.794. The molecule has 1 atom stereocenters. The van der Waals surface area contributed by atoms with Gasteiger partial charge in [0.1, 0.15) is 0 Å². The normalized spacial score (nSPS) is 17.1. The molecule has 4 heteroatoms. The van der Waals surface area contributed by atoms with Crippen LogP contribution in [0.1, 0.15) is 44.1 Å². The van der Waals surface area contributed by atoms with E-state index < -0.39 is 0 Å². The molecule has 2 rings (SSSR count). The second-order valence-corrected chi connectivity index (χ2v) is 6.30. The van der Waals surface area contributed by atoms with Crippen molar-refractivity contribution < 1.29 is 4.79 Å². The molecule has 1 amide bonds. The van der Waals surface area contributed by atoms with Crippen molar-refractivity contribution in [3.63, 3.8) is 0 Å². The third-order valence-corrected chi connectivity index (χ3v) is 4.48. The molecule has 3 nitrogen and oxygen atoms in total. The molecule has 1 aromatic rings. The molecule has 21 heavy (non-hydrogen) atoms. The van der Waals surface area contributed by atoms with E-state index in [1.165, 1.54) is 24.8 Å². The Morgan fingerprint density at radius 3 is 2.52 bits per heavy atom. The fourth-order valence-electron chi connectivity index (χ4n) is 3.04. The van der Waals surface area contributed by atoms with E-state index in [1.807, 2.05) is 30.3 Å². The van der Waals surface area contributed by atoms with E-state index in [0.717, 1.165) is 19.3 Å². The molecule has 1 saturated carbocycles. The largest absolute Gasteiger partial charge is 0.392 e. The second kappa shape index (κ2) is 8.13. The van der Waals surface area contributed by atoms with Gasteiger partial charge in [-0.05, 0) is 30.7 Å². The predicted octanol–water partition coefficient (Wildman–Crippen LogP) is 2.97. The number of aryl methyl sites for hydroxylation is 1. The summed E-state index contributed by atoms with van der Waals surface area (Å²) in [6, 6.07) is 9.91. The smallest absolute Gasteiger partial charge is 0.220 e. The highest BCUT2D eigenvalue weighted by molar-refractivity contribution is 7.80. The van der Waals surface area contributed by atoms with Crippen molar-refractivity contribution in [1.29, 1.82) is 0 Å². The minimum Gasteiger partial charge on any atom is -0.392 e. The number of thiocarbonyl (C=S) groups is 1. The SMILES string of the molecule is NC(=S)C(NC(=O)CCc1ccccc1)C1CCCCC1. The van der Waals surface area contributed by atoms with E-state index in [0.29, 0.717) is 17.3 Å². The van der Waals surface area contributed by atoms with Crippen molar-refractivity contribution >= 4 is 23.1 Å². The minimum absolute atomic E-state index is 0.0437. The molecule has 0 bridgehead atoms. The highest BCUT2D eigenvalue weighted by Gasteiger charge is 2.26. The minimum atomic E-state index is -0.136. The van der Waals surface area contributed by atoms with Crippen molar-refractivity contribution in [2.45, 2.75) is 51.0 Å². The number of rotatable bonds is 6. The van der Waals surface area contributed by atoms with Gasteiger partial charge >= 0.3 is 0 Å². The fraction of sp³-hybridized carbons (Fsp3) is 0.529. The Bertz CT molecular complexity index is 469. The Hall–Kier alpha value is -1.42. The molecule has 0 heterocycles. The van der Waals surface area contributed by atoms with E-state index >= 15 is 0 Å². The summed E-state index contributed by atoms with van der Waals surface area (Å²) in [7, 11) is 0. The van der Waals surface area contributed by atoms with Crippen LogP contribution >= 0.6 is 12.2 Å². The number of carbonyl (C=O) groups is 1. The van der Waals surface area contributed by atoms with Crippen LogP contribution in [0.4, 0.5) is 0 Å². The van der Waals surface area contributed by atoms with Gasteiger partial charge in [-0.15, -0.1) is 0 Å². The van der Waals surface area contributed by atoms with Gasteiger partial charge in [0.25, 0.3) is 0 Å². The van der Waals surface area contributed by atoms with Gasteiger partial charge < -0.3 is 11.1 Å². The summed E-state index contributed by atoms with van der Waals surface area (Å²) in [5.74, 6) is 0.458. The Kier molecular flexibility index (Phi) is 6.18. The van der Waals surface area contributed by atoms with Crippen LogP contribution < -0.4 is 11.1 Å². The van der Waals surface area contributed by atoms with Crippen LogP contribution in [0.2, 0.25) is 0 Å². The summed E-state index contributed by atoms with van der Waals surface area (Å²) in [5, 5.41) is 3.05. The maximum absolute atomic E-state index is 12.1. The summed E-state index contributed by atoms with van der Waals surface area (Å²) < 4.78 is 0. The summed E-state index contributed by atoms with van der Waals surface area (Å²) in [6.45, 7) is 0. The average molecular weight is 304 g/mol. The lowest BCUT2D eigenvalue weighted by molar-refractivity contribution is -0.121. The van der Waals surface area contributed by atoms with Gasteiger partial charge in [-0.1, -0.05) is 61.8 Å². The summed E-state index contributed by atoms with van der Waals surface area (Å²) in [4.78, 5) is 12.6. The van der Waals surface area contributed by atoms with Crippen LogP contribution in [0.25, 0.3) is 0 Å². The first kappa shape index (κ1) is 16.0. The van der Waals surface area contributed by atoms with E-state index in [9.17, 15) is 4.79 Å². The number of amides is 1. The lowest BCUT2D eigenvalue weighted by Gasteiger charge is -2.30. The highest BCUT2D eigenvalue weighted by atomic mass is 32.1. The van der Waals surface area contributed by atoms with Crippen LogP contribution in [0.3, 0.4) is 0 Å². The van der Waals surface area contributed by atoms with Crippen molar-refractivity contribution in [2.24, 2.45) is 11.7 Å². The molecule has 0 spiro atoms. The third-order valence-electron chi connectivity index (χ3n) is 4.23. The van der Waals surface area contributed by atoms with Crippen molar-refractivity contribution in [2.75, 3.05) is 0 Å². The van der Waals surface area contributed by atoms with Gasteiger partial charge in [0.2, 0.25) is 5.91 Å². The Labute approximate surface area is 132 Å². The zero-order valence-electron chi connectivity index (χ0n) is 12.4. The third kappa shape index (κ3) is 5.12. The fourth-order valence-corrected chi connectivity index (χ4v) is 3.29. The molecule has 0 radical (unpaired) electrons. The van der Waals surface area contributed by atoms with Crippen LogP contribution in [0, 0.1) is 5.92 Å². The molecule has 1 fully saturated rings. The predicted molar refractivity (Wildman–Crippen MR) is 90.1 cm³/mol. The number of benzene rings is 1. The van der Waals surface area contributed by atoms with Gasteiger partial charge in [-0.25, -0.2) is 0 Å². The van der Waals surface area contributed by atoms with Gasteiger partial charge in [-0.2, -0.15) is 0 Å². The first-order chi connectivity index (χ1) is 10.2. The molecule has 3 N–H and O–H groups in total. The van der Waals surface area contributed by atoms with Crippen LogP contribution in [-0.4, -0.2) is 16.9 Å². The van der Waals surface area contributed by atoms with Crippen molar-refractivity contribution in [1.82, 2.24) is 5.32 Å². The molecule has 0 saturated heterocycles. The molecule has 1 aliphatic carbocycles. The maximum atomic E-state index is 12.1. The zero-order valence-corrected chi connectivity index (χ0v) is 13.2. The van der Waals surface area contributed by atoms with E-state index in [1.54, 1.807) is 0 Å². The summed E-state index contributed by atoms with van der Waals surface area (Å²) in [6.07, 6.45) is 7.16. The van der Waals surface area contributed by atoms with Crippen molar-refractivity contribution in [3.8, 4) is 0 Å². The number of hydrogen-bond acceptors (Lipinski definition) is 2. The number of hydrogen-bond donors (Lipinski definition) is 2. The maximum Gasteiger partial charge on any atom is 0.220 e. The topological polar surface area (TPSA) is 55.1 Å². The van der Waals surface area contributed by atoms with E-state index in [2.05, 4.69) is 5.32 Å². The number of nitrogens with one attached hydrogen (secondary N) is 1. The second-order valence-electron chi connectivity index (χ2n) is 5.83. The Morgan fingerprint density at radius 1 is 1.24 bits per heavy atom. The van der Waals surface area contributed by atoms with Crippen molar-refractivity contribution in [3.05, 3.63) is 35.9 Å². The number of nitrogens with two attached hydrogens (primary N) is 1. The molecule has 1 aliphatic rings. The zero-order chi connectivity index (χ0) is 15.1.